The largest absolute Gasteiger partial charge is 0.430 e. The Labute approximate surface area is 114 Å². The van der Waals surface area contributed by atoms with Crippen LogP contribution in [0.15, 0.2) is 10.7 Å². The molecule has 0 aliphatic carbocycles. The van der Waals surface area contributed by atoms with Crippen molar-refractivity contribution in [3.05, 3.63) is 28.9 Å². The molecule has 19 heavy (non-hydrogen) atoms. The van der Waals surface area contributed by atoms with Crippen molar-refractivity contribution in [2.24, 2.45) is 0 Å². The highest BCUT2D eigenvalue weighted by Crippen LogP contribution is 2.18. The van der Waals surface area contributed by atoms with E-state index in [1.807, 2.05) is 6.92 Å². The lowest BCUT2D eigenvalue weighted by Crippen LogP contribution is -2.22. The fourth-order valence-corrected chi connectivity index (χ4v) is 2.16. The van der Waals surface area contributed by atoms with Gasteiger partial charge in [0.2, 0.25) is 0 Å². The van der Waals surface area contributed by atoms with Gasteiger partial charge in [0, 0.05) is 18.3 Å². The molecule has 0 radical (unpaired) electrons. The molecule has 0 bridgehead atoms. The summed E-state index contributed by atoms with van der Waals surface area (Å²) in [5, 5.41) is 7.82. The number of rotatable bonds is 5. The second kappa shape index (κ2) is 5.57. The first-order chi connectivity index (χ1) is 9.02. The number of aromatic nitrogens is 3. The van der Waals surface area contributed by atoms with Crippen molar-refractivity contribution < 1.29 is 4.42 Å². The minimum atomic E-state index is 0.431. The summed E-state index contributed by atoms with van der Waals surface area (Å²) in [6, 6.07) is 0.974. The van der Waals surface area contributed by atoms with E-state index in [2.05, 4.69) is 43.1 Å². The minimum absolute atomic E-state index is 0.431. The first-order valence-electron chi connectivity index (χ1n) is 6.76. The zero-order valence-corrected chi connectivity index (χ0v) is 12.3. The fourth-order valence-electron chi connectivity index (χ4n) is 2.16. The van der Waals surface area contributed by atoms with E-state index in [9.17, 15) is 0 Å². The van der Waals surface area contributed by atoms with Gasteiger partial charge in [-0.1, -0.05) is 20.8 Å². The molecule has 104 valence electrons. The van der Waals surface area contributed by atoms with Crippen molar-refractivity contribution in [2.45, 2.75) is 53.6 Å². The lowest BCUT2D eigenvalue weighted by Gasteiger charge is -2.04. The number of hydrogen-bond donors (Lipinski definition) is 1. The van der Waals surface area contributed by atoms with Crippen LogP contribution in [-0.4, -0.2) is 20.8 Å². The Balaban J connectivity index is 2.23. The maximum absolute atomic E-state index is 5.53. The van der Waals surface area contributed by atoms with Crippen LogP contribution in [0.4, 0.5) is 0 Å². The number of oxazole rings is 1. The monoisotopic (exact) mass is 262 g/mol. The van der Waals surface area contributed by atoms with Gasteiger partial charge < -0.3 is 9.73 Å². The predicted molar refractivity (Wildman–Crippen MR) is 74.5 cm³/mol. The summed E-state index contributed by atoms with van der Waals surface area (Å²) in [7, 11) is 0. The summed E-state index contributed by atoms with van der Waals surface area (Å²) in [6.07, 6.45) is 2.66. The number of nitrogens with zero attached hydrogens (tertiary/aromatic N) is 3. The van der Waals surface area contributed by atoms with Gasteiger partial charge in [0.15, 0.2) is 0 Å². The van der Waals surface area contributed by atoms with Gasteiger partial charge in [-0.05, 0) is 25.8 Å². The Bertz CT molecular complexity index is 554. The molecule has 2 aromatic heterocycles. The Morgan fingerprint density at radius 1 is 1.37 bits per heavy atom. The first kappa shape index (κ1) is 13.8. The second-order valence-electron chi connectivity index (χ2n) is 5.07. The van der Waals surface area contributed by atoms with Crippen LogP contribution in [-0.2, 0) is 13.0 Å². The van der Waals surface area contributed by atoms with Crippen molar-refractivity contribution in [3.63, 3.8) is 0 Å². The molecular weight excluding hydrogens is 240 g/mol. The molecule has 0 atom stereocenters. The van der Waals surface area contributed by atoms with Crippen LogP contribution < -0.4 is 5.32 Å². The Hall–Kier alpha value is -1.62. The molecule has 0 unspecified atom stereocenters. The molecule has 0 saturated heterocycles. The third kappa shape index (κ3) is 2.87. The average molecular weight is 262 g/mol. The Morgan fingerprint density at radius 3 is 2.68 bits per heavy atom. The molecule has 2 aromatic rings. The lowest BCUT2D eigenvalue weighted by molar-refractivity contribution is 0.503. The molecule has 0 fully saturated rings. The van der Waals surface area contributed by atoms with Gasteiger partial charge in [-0.25, -0.2) is 0 Å². The highest BCUT2D eigenvalue weighted by atomic mass is 16.4. The topological polar surface area (TPSA) is 55.9 Å². The van der Waals surface area contributed by atoms with Crippen molar-refractivity contribution >= 4 is 0 Å². The lowest BCUT2D eigenvalue weighted by atomic mass is 10.1. The zero-order valence-electron chi connectivity index (χ0n) is 12.3. The molecule has 0 aliphatic rings. The van der Waals surface area contributed by atoms with Crippen molar-refractivity contribution in [3.8, 4) is 6.01 Å². The highest BCUT2D eigenvalue weighted by Gasteiger charge is 2.15. The summed E-state index contributed by atoms with van der Waals surface area (Å²) in [5.74, 6) is 0. The smallest absolute Gasteiger partial charge is 0.323 e. The van der Waals surface area contributed by atoms with E-state index >= 15 is 0 Å². The third-order valence-corrected chi connectivity index (χ3v) is 3.21. The molecule has 5 heteroatoms. The number of aryl methyl sites for hydroxylation is 1. The van der Waals surface area contributed by atoms with E-state index in [0.717, 1.165) is 23.5 Å². The highest BCUT2D eigenvalue weighted by molar-refractivity contribution is 5.28. The van der Waals surface area contributed by atoms with E-state index in [-0.39, 0.29) is 0 Å². The van der Waals surface area contributed by atoms with Crippen molar-refractivity contribution in [1.82, 2.24) is 20.1 Å². The van der Waals surface area contributed by atoms with E-state index in [0.29, 0.717) is 18.6 Å². The minimum Gasteiger partial charge on any atom is -0.430 e. The van der Waals surface area contributed by atoms with Gasteiger partial charge in [0.1, 0.15) is 6.26 Å². The third-order valence-electron chi connectivity index (χ3n) is 3.21. The van der Waals surface area contributed by atoms with Crippen LogP contribution in [0.5, 0.6) is 0 Å². The standard InChI is InChI=1S/C14H22N4O/c1-6-13-10(4)17-18(11(13)5)14-16-12(8-19-14)7-15-9(2)3/h8-9,15H,6-7H2,1-5H3. The van der Waals surface area contributed by atoms with E-state index in [1.165, 1.54) is 5.56 Å². The average Bonchev–Trinajstić information content (AvgIpc) is 2.92. The van der Waals surface area contributed by atoms with Crippen molar-refractivity contribution in [1.29, 1.82) is 0 Å². The molecule has 0 amide bonds. The molecular formula is C14H22N4O. The summed E-state index contributed by atoms with van der Waals surface area (Å²) >= 11 is 0. The molecule has 0 saturated carbocycles. The normalized spacial score (nSPS) is 11.5. The SMILES string of the molecule is CCc1c(C)nn(-c2nc(CNC(C)C)co2)c1C. The van der Waals surface area contributed by atoms with Crippen LogP contribution in [0.3, 0.4) is 0 Å². The maximum Gasteiger partial charge on any atom is 0.323 e. The summed E-state index contributed by atoms with van der Waals surface area (Å²) in [6.45, 7) is 11.1. The number of hydrogen-bond acceptors (Lipinski definition) is 4. The van der Waals surface area contributed by atoms with E-state index in [4.69, 9.17) is 4.42 Å². The molecule has 0 spiro atoms. The summed E-state index contributed by atoms with van der Waals surface area (Å²) < 4.78 is 7.31. The Kier molecular flexibility index (Phi) is 4.04. The quantitative estimate of drug-likeness (QED) is 0.899. The van der Waals surface area contributed by atoms with Gasteiger partial charge in [0.25, 0.3) is 0 Å². The maximum atomic E-state index is 5.53. The van der Waals surface area contributed by atoms with Gasteiger partial charge in [-0.3, -0.25) is 0 Å². The summed E-state index contributed by atoms with van der Waals surface area (Å²) in [4.78, 5) is 4.47. The molecule has 0 aliphatic heterocycles. The van der Waals surface area contributed by atoms with E-state index in [1.54, 1.807) is 10.9 Å². The zero-order chi connectivity index (χ0) is 14.0. The molecule has 0 aromatic carbocycles. The van der Waals surface area contributed by atoms with Crippen LogP contribution in [0, 0.1) is 13.8 Å². The first-order valence-corrected chi connectivity index (χ1v) is 6.76. The second-order valence-corrected chi connectivity index (χ2v) is 5.07. The van der Waals surface area contributed by atoms with Crippen LogP contribution >= 0.6 is 0 Å². The van der Waals surface area contributed by atoms with Gasteiger partial charge >= 0.3 is 6.01 Å². The fraction of sp³-hybridized carbons (Fsp3) is 0.571. The van der Waals surface area contributed by atoms with Gasteiger partial charge in [-0.15, -0.1) is 0 Å². The van der Waals surface area contributed by atoms with Crippen molar-refractivity contribution in [2.75, 3.05) is 0 Å². The van der Waals surface area contributed by atoms with E-state index < -0.39 is 0 Å². The van der Waals surface area contributed by atoms with Crippen LogP contribution in [0.25, 0.3) is 6.01 Å². The van der Waals surface area contributed by atoms with Crippen LogP contribution in [0.2, 0.25) is 0 Å². The molecule has 2 heterocycles. The van der Waals surface area contributed by atoms with Crippen LogP contribution in [0.1, 0.15) is 43.4 Å². The molecule has 5 nitrogen and oxygen atoms in total. The van der Waals surface area contributed by atoms with Gasteiger partial charge in [0.05, 0.1) is 11.4 Å². The number of nitrogens with one attached hydrogen (secondary N) is 1. The molecule has 1 N–H and O–H groups in total. The predicted octanol–water partition coefficient (Wildman–Crippen LogP) is 2.54. The van der Waals surface area contributed by atoms with Gasteiger partial charge in [-0.2, -0.15) is 14.8 Å². The molecule has 2 rings (SSSR count). The Morgan fingerprint density at radius 2 is 2.11 bits per heavy atom. The summed E-state index contributed by atoms with van der Waals surface area (Å²) in [5.41, 5.74) is 4.31.